The average molecular weight is 614 g/mol. The fraction of sp³-hybridized carbons (Fsp3) is 1.00. The molecule has 3 atom stereocenters. The molecule has 0 saturated carbocycles. The molecule has 0 radical (unpaired) electrons. The maximum absolute atomic E-state index is 9.73. The zero-order chi connectivity index (χ0) is 20.4. The number of rotatable bonds is 6. The van der Waals surface area contributed by atoms with Crippen molar-refractivity contribution in [3.8, 4) is 0 Å². The van der Waals surface area contributed by atoms with E-state index in [0.717, 1.165) is 0 Å². The predicted molar refractivity (Wildman–Crippen MR) is 78.7 cm³/mol. The zero-order valence-corrected chi connectivity index (χ0v) is 18.0. The van der Waals surface area contributed by atoms with Crippen LogP contribution in [0.5, 0.6) is 0 Å². The van der Waals surface area contributed by atoms with Crippen molar-refractivity contribution >= 4 is 30.4 Å². The topological polar surface area (TPSA) is 232 Å². The van der Waals surface area contributed by atoms with Crippen LogP contribution in [0.15, 0.2) is 0 Å². The van der Waals surface area contributed by atoms with Crippen molar-refractivity contribution in [3.63, 3.8) is 0 Å². The van der Waals surface area contributed by atoms with Gasteiger partial charge in [-0.15, -0.1) is 0 Å². The Morgan fingerprint density at radius 3 is 0.720 bits per heavy atom. The normalized spacial score (nSPS) is 15.2. The van der Waals surface area contributed by atoms with Crippen LogP contribution in [0.4, 0.5) is 0 Å². The van der Waals surface area contributed by atoms with E-state index in [2.05, 4.69) is 0 Å². The quantitative estimate of drug-likeness (QED) is 0.198. The molecule has 158 valence electrons. The van der Waals surface area contributed by atoms with Crippen molar-refractivity contribution in [2.24, 2.45) is 0 Å². The Hall–Kier alpha value is 0.350. The van der Waals surface area contributed by atoms with Crippen LogP contribution in [0.2, 0.25) is 0 Å². The van der Waals surface area contributed by atoms with Crippen molar-refractivity contribution in [3.05, 3.63) is 0 Å². The molecule has 16 heteroatoms. The third-order valence-electron chi connectivity index (χ3n) is 1.34. The number of hydrogen-bond donors (Lipinski definition) is 3. The van der Waals surface area contributed by atoms with Crippen molar-refractivity contribution in [2.75, 3.05) is 17.3 Å². The maximum atomic E-state index is 9.73. The van der Waals surface area contributed by atoms with E-state index >= 15 is 0 Å². The van der Waals surface area contributed by atoms with Gasteiger partial charge in [-0.2, -0.15) is 0 Å². The molecule has 0 fully saturated rings. The van der Waals surface area contributed by atoms with Gasteiger partial charge in [0.25, 0.3) is 0 Å². The molecule has 0 bridgehead atoms. The summed E-state index contributed by atoms with van der Waals surface area (Å²) in [6.07, 6.45) is -3.17. The first-order valence-electron chi connectivity index (χ1n) is 6.10. The molecule has 12 nitrogen and oxygen atoms in total. The van der Waals surface area contributed by atoms with E-state index in [1.165, 1.54) is 20.8 Å². The van der Waals surface area contributed by atoms with Crippen LogP contribution in [0.25, 0.3) is 0 Å². The summed E-state index contributed by atoms with van der Waals surface area (Å²) in [5.74, 6) is -2.10. The Balaban J connectivity index is -0.000000130. The molecule has 0 aromatic carbocycles. The summed E-state index contributed by atoms with van der Waals surface area (Å²) in [4.78, 5) is 0. The Kier molecular flexibility index (Phi) is 19.0. The van der Waals surface area contributed by atoms with Crippen molar-refractivity contribution in [1.29, 1.82) is 0 Å². The van der Waals surface area contributed by atoms with Gasteiger partial charge in [0, 0.05) is 0 Å². The molecular formula is C9H21AuO12S3. The first-order valence-corrected chi connectivity index (χ1v) is 10.8. The summed E-state index contributed by atoms with van der Waals surface area (Å²) in [7, 11) is -12.7. The smallest absolute Gasteiger partial charge is 0.748 e. The van der Waals surface area contributed by atoms with Gasteiger partial charge in [0.2, 0.25) is 0 Å². The van der Waals surface area contributed by atoms with Crippen LogP contribution in [0.1, 0.15) is 20.8 Å². The summed E-state index contributed by atoms with van der Waals surface area (Å²) in [5, 5.41) is 24.9. The molecule has 0 aliphatic carbocycles. The summed E-state index contributed by atoms with van der Waals surface area (Å²) >= 11 is 0. The van der Waals surface area contributed by atoms with Gasteiger partial charge in [-0.25, -0.2) is 25.3 Å². The summed E-state index contributed by atoms with van der Waals surface area (Å²) < 4.78 is 87.5. The summed E-state index contributed by atoms with van der Waals surface area (Å²) in [6.45, 7) is 3.74. The second kappa shape index (κ2) is 14.4. The van der Waals surface area contributed by atoms with Crippen molar-refractivity contribution in [2.45, 2.75) is 39.1 Å². The van der Waals surface area contributed by atoms with Crippen molar-refractivity contribution < 1.29 is 76.6 Å². The molecule has 0 spiro atoms. The Labute approximate surface area is 163 Å². The molecule has 3 N–H and O–H groups in total. The average Bonchev–Trinajstić information content (AvgIpc) is 2.04. The van der Waals surface area contributed by atoms with E-state index in [4.69, 9.17) is 15.3 Å². The third-order valence-corrected chi connectivity index (χ3v) is 4.01. The van der Waals surface area contributed by atoms with E-state index in [1.807, 2.05) is 0 Å². The molecule has 0 aliphatic heterocycles. The molecule has 0 aliphatic rings. The van der Waals surface area contributed by atoms with Crippen LogP contribution in [0.3, 0.4) is 0 Å². The molecule has 0 heterocycles. The van der Waals surface area contributed by atoms with Gasteiger partial charge in [0.05, 0.1) is 65.9 Å². The van der Waals surface area contributed by atoms with E-state index in [1.54, 1.807) is 0 Å². The van der Waals surface area contributed by atoms with Gasteiger partial charge in [0.15, 0.2) is 0 Å². The minimum absolute atomic E-state index is 0. The molecular weight excluding hydrogens is 593 g/mol. The van der Waals surface area contributed by atoms with Crippen LogP contribution in [0, 0.1) is 0 Å². The molecule has 0 saturated heterocycles. The third kappa shape index (κ3) is 51.6. The van der Waals surface area contributed by atoms with Crippen LogP contribution in [-0.4, -0.2) is 89.8 Å². The largest absolute Gasteiger partial charge is 3.00 e. The number of aliphatic hydroxyl groups excluding tert-OH is 3. The minimum atomic E-state index is -4.22. The fourth-order valence-corrected chi connectivity index (χ4v) is 2.66. The van der Waals surface area contributed by atoms with Crippen LogP contribution < -0.4 is 0 Å². The van der Waals surface area contributed by atoms with Gasteiger partial charge >= 0.3 is 22.4 Å². The summed E-state index contributed by atoms with van der Waals surface area (Å²) in [5.41, 5.74) is 0. The fourth-order valence-electron chi connectivity index (χ4n) is 0.886. The SMILES string of the molecule is CC(O)CS(=O)(=O)[O-].CC(O)CS(=O)(=O)[O-].CC(O)CS(=O)(=O)[O-].[Au+3]. The Morgan fingerprint density at radius 1 is 0.600 bits per heavy atom. The van der Waals surface area contributed by atoms with Gasteiger partial charge in [0.1, 0.15) is 0 Å². The standard InChI is InChI=1S/3C3H8O4S.Au/c3*1-3(4)2-8(5,6)7;/h3*3-4H,2H2,1H3,(H,5,6,7);/q;;;+3/p-3. The van der Waals surface area contributed by atoms with Crippen molar-refractivity contribution in [1.82, 2.24) is 0 Å². The van der Waals surface area contributed by atoms with E-state index in [9.17, 15) is 38.9 Å². The minimum Gasteiger partial charge on any atom is -0.748 e. The van der Waals surface area contributed by atoms with Crippen LogP contribution in [-0.2, 0) is 52.7 Å². The first kappa shape index (κ1) is 33.0. The van der Waals surface area contributed by atoms with Gasteiger partial charge in [-0.1, -0.05) is 0 Å². The molecule has 25 heavy (non-hydrogen) atoms. The monoisotopic (exact) mass is 614 g/mol. The Morgan fingerprint density at radius 2 is 0.720 bits per heavy atom. The molecule has 0 rings (SSSR count). The van der Waals surface area contributed by atoms with Gasteiger partial charge in [-0.3, -0.25) is 0 Å². The maximum Gasteiger partial charge on any atom is 3.00 e. The first-order chi connectivity index (χ1) is 10.2. The predicted octanol–water partition coefficient (Wildman–Crippen LogP) is -3.27. The molecule has 3 unspecified atom stereocenters. The van der Waals surface area contributed by atoms with E-state index < -0.39 is 65.9 Å². The molecule has 0 aromatic rings. The van der Waals surface area contributed by atoms with E-state index in [0.29, 0.717) is 0 Å². The zero-order valence-electron chi connectivity index (χ0n) is 13.4. The Bertz CT molecular complexity index is 530. The summed E-state index contributed by atoms with van der Waals surface area (Å²) in [6, 6.07) is 0. The molecule has 0 aromatic heterocycles. The number of aliphatic hydroxyl groups is 3. The molecule has 0 amide bonds. The number of hydrogen-bond acceptors (Lipinski definition) is 12. The van der Waals surface area contributed by atoms with Gasteiger partial charge < -0.3 is 29.0 Å². The second-order valence-electron chi connectivity index (χ2n) is 4.72. The van der Waals surface area contributed by atoms with Crippen LogP contribution >= 0.6 is 0 Å². The van der Waals surface area contributed by atoms with E-state index in [-0.39, 0.29) is 22.4 Å². The second-order valence-corrected chi connectivity index (χ2v) is 9.07. The van der Waals surface area contributed by atoms with Gasteiger partial charge in [-0.05, 0) is 20.8 Å².